The first-order chi connectivity index (χ1) is 10.5. The number of hydrogen-bond donors (Lipinski definition) is 1. The Morgan fingerprint density at radius 2 is 1.25 bits per heavy atom. The van der Waals surface area contributed by atoms with Gasteiger partial charge in [-0.3, -0.25) is 9.59 Å². The summed E-state index contributed by atoms with van der Waals surface area (Å²) in [6.07, 6.45) is -14.3. The summed E-state index contributed by atoms with van der Waals surface area (Å²) in [7, 11) is 0. The molecule has 1 N–H and O–H groups in total. The van der Waals surface area contributed by atoms with E-state index in [4.69, 9.17) is 9.84 Å². The zero-order valence-electron chi connectivity index (χ0n) is 13.4. The van der Waals surface area contributed by atoms with E-state index in [2.05, 4.69) is 0 Å². The summed E-state index contributed by atoms with van der Waals surface area (Å²) in [5, 5.41) is 9.06. The zero-order valence-corrected chi connectivity index (χ0v) is 13.4. The summed E-state index contributed by atoms with van der Waals surface area (Å²) < 4.78 is 78.9. The molecule has 0 aromatic heterocycles. The number of halogens is 6. The van der Waals surface area contributed by atoms with Crippen LogP contribution in [0.2, 0.25) is 0 Å². The molecule has 0 aliphatic carbocycles. The molecule has 4 nitrogen and oxygen atoms in total. The first-order valence-corrected chi connectivity index (χ1v) is 7.11. The standard InChI is InChI=1S/C14H20F6O4/c1-12(2,3)24-11(23)9(5-7-14(18,19)20)8(10(21)22)4-6-13(15,16)17/h8-9H,4-7H2,1-3H3,(H,21,22)/t8-,9-/m1/s1. The fraction of sp³-hybridized carbons (Fsp3) is 0.857. The van der Waals surface area contributed by atoms with Crippen LogP contribution in [0.15, 0.2) is 0 Å². The van der Waals surface area contributed by atoms with Gasteiger partial charge in [-0.15, -0.1) is 0 Å². The second kappa shape index (κ2) is 8.06. The normalized spacial score (nSPS) is 15.7. The molecule has 0 heterocycles. The van der Waals surface area contributed by atoms with Gasteiger partial charge in [-0.25, -0.2) is 0 Å². The molecule has 0 unspecified atom stereocenters. The van der Waals surface area contributed by atoms with Gasteiger partial charge in [-0.05, 0) is 33.6 Å². The monoisotopic (exact) mass is 366 g/mol. The summed E-state index contributed by atoms with van der Waals surface area (Å²) in [4.78, 5) is 23.2. The zero-order chi connectivity index (χ0) is 19.3. The Morgan fingerprint density at radius 1 is 0.875 bits per heavy atom. The molecular formula is C14H20F6O4. The van der Waals surface area contributed by atoms with Crippen molar-refractivity contribution in [2.45, 2.75) is 64.4 Å². The van der Waals surface area contributed by atoms with Gasteiger partial charge in [-0.2, -0.15) is 26.3 Å². The first kappa shape index (κ1) is 22.5. The van der Waals surface area contributed by atoms with Crippen LogP contribution < -0.4 is 0 Å². The Balaban J connectivity index is 5.34. The second-order valence-electron chi connectivity index (χ2n) is 6.39. The fourth-order valence-electron chi connectivity index (χ4n) is 2.00. The highest BCUT2D eigenvalue weighted by Crippen LogP contribution is 2.33. The minimum Gasteiger partial charge on any atom is -0.481 e. The van der Waals surface area contributed by atoms with Crippen molar-refractivity contribution in [3.8, 4) is 0 Å². The second-order valence-corrected chi connectivity index (χ2v) is 6.39. The lowest BCUT2D eigenvalue weighted by atomic mass is 9.84. The van der Waals surface area contributed by atoms with Crippen LogP contribution >= 0.6 is 0 Å². The van der Waals surface area contributed by atoms with Crippen LogP contribution in [-0.4, -0.2) is 35.0 Å². The van der Waals surface area contributed by atoms with E-state index in [9.17, 15) is 35.9 Å². The summed E-state index contributed by atoms with van der Waals surface area (Å²) in [6.45, 7) is 4.24. The molecular weight excluding hydrogens is 346 g/mol. The van der Waals surface area contributed by atoms with Gasteiger partial charge in [0.15, 0.2) is 0 Å². The van der Waals surface area contributed by atoms with Gasteiger partial charge in [0.2, 0.25) is 0 Å². The fourth-order valence-corrected chi connectivity index (χ4v) is 2.00. The predicted octanol–water partition coefficient (Wildman–Crippen LogP) is 4.33. The van der Waals surface area contributed by atoms with Crippen molar-refractivity contribution >= 4 is 11.9 Å². The van der Waals surface area contributed by atoms with E-state index >= 15 is 0 Å². The highest BCUT2D eigenvalue weighted by Gasteiger charge is 2.41. The van der Waals surface area contributed by atoms with Crippen molar-refractivity contribution in [1.82, 2.24) is 0 Å². The number of carbonyl (C=O) groups excluding carboxylic acids is 1. The van der Waals surface area contributed by atoms with Gasteiger partial charge in [0.25, 0.3) is 0 Å². The molecule has 0 amide bonds. The summed E-state index contributed by atoms with van der Waals surface area (Å²) in [6, 6.07) is 0. The third-order valence-corrected chi connectivity index (χ3v) is 2.99. The number of aliphatic carboxylic acids is 1. The molecule has 142 valence electrons. The Labute approximate surface area is 135 Å². The number of carbonyl (C=O) groups is 2. The third-order valence-electron chi connectivity index (χ3n) is 2.99. The molecule has 0 aromatic carbocycles. The minimum atomic E-state index is -4.68. The van der Waals surface area contributed by atoms with E-state index in [1.807, 2.05) is 0 Å². The Morgan fingerprint density at radius 3 is 1.54 bits per heavy atom. The molecule has 0 aliphatic rings. The maximum absolute atomic E-state index is 12.4. The van der Waals surface area contributed by atoms with Crippen LogP contribution in [0.5, 0.6) is 0 Å². The summed E-state index contributed by atoms with van der Waals surface area (Å²) >= 11 is 0. The van der Waals surface area contributed by atoms with Crippen LogP contribution in [0.4, 0.5) is 26.3 Å². The molecule has 0 spiro atoms. The molecule has 0 rings (SSSR count). The Hall–Kier alpha value is -1.48. The van der Waals surface area contributed by atoms with E-state index in [1.54, 1.807) is 0 Å². The minimum absolute atomic E-state index is 0.951. The van der Waals surface area contributed by atoms with Crippen molar-refractivity contribution < 1.29 is 45.8 Å². The number of carboxylic acid groups (broad SMARTS) is 1. The van der Waals surface area contributed by atoms with Crippen LogP contribution in [0, 0.1) is 11.8 Å². The molecule has 2 atom stereocenters. The maximum Gasteiger partial charge on any atom is 0.389 e. The van der Waals surface area contributed by atoms with Gasteiger partial charge in [0.1, 0.15) is 5.60 Å². The van der Waals surface area contributed by atoms with Crippen LogP contribution in [-0.2, 0) is 14.3 Å². The highest BCUT2D eigenvalue weighted by atomic mass is 19.4. The number of carboxylic acids is 1. The smallest absolute Gasteiger partial charge is 0.389 e. The molecule has 24 heavy (non-hydrogen) atoms. The molecule has 0 fully saturated rings. The van der Waals surface area contributed by atoms with Gasteiger partial charge in [-0.1, -0.05) is 0 Å². The quantitative estimate of drug-likeness (QED) is 0.538. The molecule has 0 radical (unpaired) electrons. The molecule has 10 heteroatoms. The third kappa shape index (κ3) is 10.3. The van der Waals surface area contributed by atoms with E-state index in [0.29, 0.717) is 0 Å². The van der Waals surface area contributed by atoms with E-state index in [1.165, 1.54) is 20.8 Å². The number of ether oxygens (including phenoxy) is 1. The molecule has 0 saturated carbocycles. The van der Waals surface area contributed by atoms with Gasteiger partial charge in [0, 0.05) is 12.8 Å². The van der Waals surface area contributed by atoms with Crippen LogP contribution in [0.3, 0.4) is 0 Å². The SMILES string of the molecule is CC(C)(C)OC(=O)[C@H](CCC(F)(F)F)[C@@H](CCC(F)(F)F)C(=O)O. The lowest BCUT2D eigenvalue weighted by Crippen LogP contribution is -2.36. The van der Waals surface area contributed by atoms with E-state index in [-0.39, 0.29) is 0 Å². The number of rotatable bonds is 7. The molecule has 0 aromatic rings. The highest BCUT2D eigenvalue weighted by molar-refractivity contribution is 5.81. The van der Waals surface area contributed by atoms with Crippen LogP contribution in [0.25, 0.3) is 0 Å². The number of hydrogen-bond acceptors (Lipinski definition) is 3. The topological polar surface area (TPSA) is 63.6 Å². The predicted molar refractivity (Wildman–Crippen MR) is 71.0 cm³/mol. The maximum atomic E-state index is 12.4. The summed E-state index contributed by atoms with van der Waals surface area (Å²) in [5.41, 5.74) is -1.11. The van der Waals surface area contributed by atoms with Crippen molar-refractivity contribution in [3.63, 3.8) is 0 Å². The van der Waals surface area contributed by atoms with Crippen LogP contribution in [0.1, 0.15) is 46.5 Å². The van der Waals surface area contributed by atoms with Crippen molar-refractivity contribution in [2.75, 3.05) is 0 Å². The van der Waals surface area contributed by atoms with Gasteiger partial charge < -0.3 is 9.84 Å². The molecule has 0 bridgehead atoms. The van der Waals surface area contributed by atoms with Gasteiger partial charge in [0.05, 0.1) is 11.8 Å². The largest absolute Gasteiger partial charge is 0.481 e. The lowest BCUT2D eigenvalue weighted by Gasteiger charge is -2.27. The molecule has 0 saturated heterocycles. The first-order valence-electron chi connectivity index (χ1n) is 7.11. The average Bonchev–Trinajstić information content (AvgIpc) is 2.27. The van der Waals surface area contributed by atoms with Gasteiger partial charge >= 0.3 is 24.3 Å². The number of alkyl halides is 6. The Bertz CT molecular complexity index is 436. The van der Waals surface area contributed by atoms with Crippen molar-refractivity contribution in [3.05, 3.63) is 0 Å². The number of esters is 1. The molecule has 0 aliphatic heterocycles. The van der Waals surface area contributed by atoms with Crippen molar-refractivity contribution in [1.29, 1.82) is 0 Å². The Kier molecular flexibility index (Phi) is 7.57. The van der Waals surface area contributed by atoms with E-state index < -0.39 is 67.4 Å². The lowest BCUT2D eigenvalue weighted by molar-refractivity contribution is -0.174. The van der Waals surface area contributed by atoms with Crippen molar-refractivity contribution in [2.24, 2.45) is 11.8 Å². The van der Waals surface area contributed by atoms with E-state index in [0.717, 1.165) is 0 Å². The summed E-state index contributed by atoms with van der Waals surface area (Å²) in [5.74, 6) is -6.74. The average molecular weight is 366 g/mol.